The largest absolute Gasteiger partial charge is 0.338 e. The third-order valence-corrected chi connectivity index (χ3v) is 6.87. The summed E-state index contributed by atoms with van der Waals surface area (Å²) in [5.41, 5.74) is 7.05. The minimum Gasteiger partial charge on any atom is -0.338 e. The topological polar surface area (TPSA) is 86.7 Å². The fraction of sp³-hybridized carbons (Fsp3) is 0.115. The van der Waals surface area contributed by atoms with E-state index in [4.69, 9.17) is 0 Å². The number of H-pyrrole nitrogens is 1. The maximum absolute atomic E-state index is 4.62. The number of nitrogens with zero attached hydrogens (tertiary/aromatic N) is 7. The summed E-state index contributed by atoms with van der Waals surface area (Å²) >= 11 is 0. The molecule has 2 aliphatic rings. The first kappa shape index (κ1) is 18.9. The Morgan fingerprint density at radius 3 is 2.26 bits per heavy atom. The molecule has 8 nitrogen and oxygen atoms in total. The van der Waals surface area contributed by atoms with Crippen LogP contribution < -0.4 is 9.80 Å². The number of aromatic nitrogens is 6. The van der Waals surface area contributed by atoms with Crippen LogP contribution in [0, 0.1) is 0 Å². The molecule has 1 aromatic carbocycles. The molecule has 0 saturated heterocycles. The quantitative estimate of drug-likeness (QED) is 0.443. The summed E-state index contributed by atoms with van der Waals surface area (Å²) in [6.07, 6.45) is 12.9. The zero-order valence-corrected chi connectivity index (χ0v) is 18.4. The maximum Gasteiger partial charge on any atom is 0.178 e. The van der Waals surface area contributed by atoms with Gasteiger partial charge in [0.2, 0.25) is 0 Å². The lowest BCUT2D eigenvalue weighted by atomic mass is 9.71. The Morgan fingerprint density at radius 1 is 0.824 bits per heavy atom. The average Bonchev–Trinajstić information content (AvgIpc) is 3.61. The maximum atomic E-state index is 4.62. The first-order valence-corrected chi connectivity index (χ1v) is 11.1. The number of rotatable bonds is 3. The summed E-state index contributed by atoms with van der Waals surface area (Å²) in [6, 6.07) is 14.8. The fourth-order valence-electron chi connectivity index (χ4n) is 5.46. The van der Waals surface area contributed by atoms with E-state index in [-0.39, 0.29) is 0 Å². The molecule has 4 aromatic heterocycles. The number of anilines is 3. The van der Waals surface area contributed by atoms with Crippen LogP contribution in [0.3, 0.4) is 0 Å². The highest BCUT2D eigenvalue weighted by molar-refractivity contribution is 5.85. The molecule has 0 atom stereocenters. The number of fused-ring (bicyclic) bond motifs is 4. The van der Waals surface area contributed by atoms with Crippen molar-refractivity contribution in [2.75, 3.05) is 23.5 Å². The van der Waals surface area contributed by atoms with Crippen molar-refractivity contribution in [3.63, 3.8) is 0 Å². The second kappa shape index (κ2) is 6.95. The highest BCUT2D eigenvalue weighted by Gasteiger charge is 2.48. The van der Waals surface area contributed by atoms with E-state index < -0.39 is 5.41 Å². The third kappa shape index (κ3) is 2.39. The van der Waals surface area contributed by atoms with Crippen molar-refractivity contribution >= 4 is 17.3 Å². The summed E-state index contributed by atoms with van der Waals surface area (Å²) in [6.45, 7) is 0.677. The third-order valence-electron chi connectivity index (χ3n) is 6.87. The predicted molar refractivity (Wildman–Crippen MR) is 129 cm³/mol. The van der Waals surface area contributed by atoms with Crippen molar-refractivity contribution in [2.45, 2.75) is 5.41 Å². The minimum absolute atomic E-state index is 0.615. The molecule has 0 unspecified atom stereocenters. The summed E-state index contributed by atoms with van der Waals surface area (Å²) in [5, 5.41) is 7.58. The molecule has 5 aromatic rings. The number of nitrogens with one attached hydrogen (secondary N) is 1. The molecule has 164 valence electrons. The monoisotopic (exact) mass is 444 g/mol. The summed E-state index contributed by atoms with van der Waals surface area (Å²) in [7, 11) is 2.03. The molecule has 1 aliphatic carbocycles. The van der Waals surface area contributed by atoms with Crippen LogP contribution >= 0.6 is 0 Å². The van der Waals surface area contributed by atoms with E-state index in [0.29, 0.717) is 6.67 Å². The van der Waals surface area contributed by atoms with Crippen molar-refractivity contribution in [3.8, 4) is 11.1 Å². The Kier molecular flexibility index (Phi) is 3.87. The van der Waals surface area contributed by atoms with E-state index in [1.165, 1.54) is 0 Å². The molecule has 34 heavy (non-hydrogen) atoms. The van der Waals surface area contributed by atoms with Crippen LogP contribution in [0.5, 0.6) is 0 Å². The molecular weight excluding hydrogens is 424 g/mol. The molecular formula is C26H20N8. The average molecular weight is 445 g/mol. The van der Waals surface area contributed by atoms with Gasteiger partial charge in [0.05, 0.1) is 17.8 Å². The standard InChI is InChI=1S/C26H20N8/c1-33-16-34(25-24(33)29-11-12-30-25)18-4-2-3-17(13-18)26(23-7-10-31-32-23)21-14-27-8-5-19(21)20-6-9-28-15-22(20)26/h2-15H,16H2,1H3,(H,31,32). The van der Waals surface area contributed by atoms with E-state index in [0.717, 1.165) is 50.8 Å². The minimum atomic E-state index is -0.615. The van der Waals surface area contributed by atoms with Gasteiger partial charge in [-0.15, -0.1) is 0 Å². The first-order chi connectivity index (χ1) is 16.8. The van der Waals surface area contributed by atoms with Gasteiger partial charge in [0.1, 0.15) is 0 Å². The van der Waals surface area contributed by atoms with Crippen LogP contribution in [-0.2, 0) is 5.41 Å². The smallest absolute Gasteiger partial charge is 0.178 e. The molecule has 8 heteroatoms. The molecule has 1 N–H and O–H groups in total. The van der Waals surface area contributed by atoms with E-state index in [1.54, 1.807) is 18.6 Å². The zero-order chi connectivity index (χ0) is 22.7. The van der Waals surface area contributed by atoms with Crippen LogP contribution in [0.1, 0.15) is 22.4 Å². The van der Waals surface area contributed by atoms with Gasteiger partial charge in [-0.05, 0) is 58.1 Å². The van der Waals surface area contributed by atoms with Gasteiger partial charge in [-0.1, -0.05) is 12.1 Å². The normalized spacial score (nSPS) is 15.2. The molecule has 0 fully saturated rings. The van der Waals surface area contributed by atoms with Crippen LogP contribution in [-0.4, -0.2) is 43.8 Å². The van der Waals surface area contributed by atoms with Gasteiger partial charge in [0.25, 0.3) is 0 Å². The van der Waals surface area contributed by atoms with E-state index in [1.807, 2.05) is 37.9 Å². The Labute approximate surface area is 196 Å². The van der Waals surface area contributed by atoms with Crippen molar-refractivity contribution in [2.24, 2.45) is 0 Å². The first-order valence-electron chi connectivity index (χ1n) is 11.1. The molecule has 0 radical (unpaired) electrons. The Hall–Kier alpha value is -4.59. The second-order valence-corrected chi connectivity index (χ2v) is 8.58. The molecule has 1 aliphatic heterocycles. The Balaban J connectivity index is 1.50. The lowest BCUT2D eigenvalue weighted by molar-refractivity contribution is 0.720. The molecule has 7 rings (SSSR count). The Bertz CT molecular complexity index is 1480. The van der Waals surface area contributed by atoms with Gasteiger partial charge in [0, 0.05) is 56.1 Å². The highest BCUT2D eigenvalue weighted by Crippen LogP contribution is 2.55. The van der Waals surface area contributed by atoms with Gasteiger partial charge in [-0.25, -0.2) is 9.97 Å². The van der Waals surface area contributed by atoms with Crippen molar-refractivity contribution < 1.29 is 0 Å². The van der Waals surface area contributed by atoms with Crippen LogP contribution in [0.15, 0.2) is 85.8 Å². The number of hydrogen-bond acceptors (Lipinski definition) is 7. The number of aromatic amines is 1. The molecule has 5 heterocycles. The SMILES string of the molecule is CN1CN(c2cccc(C3(c4ccn[nH]4)c4cnccc4-c4ccncc43)c2)c2nccnc21. The lowest BCUT2D eigenvalue weighted by Crippen LogP contribution is -2.30. The molecule has 0 bridgehead atoms. The zero-order valence-electron chi connectivity index (χ0n) is 18.4. The Morgan fingerprint density at radius 2 is 1.56 bits per heavy atom. The number of hydrogen-bond donors (Lipinski definition) is 1. The van der Waals surface area contributed by atoms with Crippen LogP contribution in [0.2, 0.25) is 0 Å². The summed E-state index contributed by atoms with van der Waals surface area (Å²) in [5.74, 6) is 1.73. The predicted octanol–water partition coefficient (Wildman–Crippen LogP) is 3.90. The fourth-order valence-corrected chi connectivity index (χ4v) is 5.46. The number of pyridine rings is 2. The van der Waals surface area contributed by atoms with Crippen molar-refractivity contribution in [1.82, 2.24) is 30.1 Å². The molecule has 0 saturated carbocycles. The van der Waals surface area contributed by atoms with Crippen molar-refractivity contribution in [3.05, 3.63) is 108 Å². The van der Waals surface area contributed by atoms with E-state index in [2.05, 4.69) is 76.3 Å². The van der Waals surface area contributed by atoms with Gasteiger partial charge < -0.3 is 9.80 Å². The van der Waals surface area contributed by atoms with Crippen molar-refractivity contribution in [1.29, 1.82) is 0 Å². The molecule has 0 spiro atoms. The van der Waals surface area contributed by atoms with Crippen LogP contribution in [0.25, 0.3) is 11.1 Å². The summed E-state index contributed by atoms with van der Waals surface area (Å²) in [4.78, 5) is 22.5. The van der Waals surface area contributed by atoms with Gasteiger partial charge in [-0.3, -0.25) is 15.1 Å². The lowest BCUT2D eigenvalue weighted by Gasteiger charge is -2.32. The molecule has 0 amide bonds. The van der Waals surface area contributed by atoms with E-state index >= 15 is 0 Å². The van der Waals surface area contributed by atoms with Gasteiger partial charge in [0.15, 0.2) is 11.6 Å². The van der Waals surface area contributed by atoms with Crippen LogP contribution in [0.4, 0.5) is 17.3 Å². The van der Waals surface area contributed by atoms with Gasteiger partial charge >= 0.3 is 0 Å². The van der Waals surface area contributed by atoms with E-state index in [9.17, 15) is 0 Å². The second-order valence-electron chi connectivity index (χ2n) is 8.58. The van der Waals surface area contributed by atoms with Gasteiger partial charge in [-0.2, -0.15) is 5.10 Å². The number of benzene rings is 1. The summed E-state index contributed by atoms with van der Waals surface area (Å²) < 4.78 is 0. The highest BCUT2D eigenvalue weighted by atomic mass is 15.4.